The Bertz CT molecular complexity index is 640. The molecular formula is C24H39FO4. The second-order valence-corrected chi connectivity index (χ2v) is 11.4. The fourth-order valence-electron chi connectivity index (χ4n) is 8.72. The summed E-state index contributed by atoms with van der Waals surface area (Å²) < 4.78 is 15.5. The highest BCUT2D eigenvalue weighted by Gasteiger charge is 2.65. The number of aliphatic hydroxyl groups is 2. The fourth-order valence-corrected chi connectivity index (χ4v) is 8.72. The Balaban J connectivity index is 1.59. The molecule has 0 bridgehead atoms. The average molecular weight is 411 g/mol. The summed E-state index contributed by atoms with van der Waals surface area (Å²) in [6, 6.07) is 0. The number of hydrogen-bond donors (Lipinski definition) is 3. The molecule has 0 aliphatic heterocycles. The van der Waals surface area contributed by atoms with Gasteiger partial charge in [0.25, 0.3) is 0 Å². The van der Waals surface area contributed by atoms with E-state index in [1.807, 2.05) is 0 Å². The van der Waals surface area contributed by atoms with Crippen LogP contribution >= 0.6 is 0 Å². The Kier molecular flexibility index (Phi) is 5.55. The van der Waals surface area contributed by atoms with Crippen molar-refractivity contribution < 1.29 is 24.5 Å². The SMILES string of the molecule is C[C@H](CCC(=O)O)[C@H]1CC[C@H]2[C@@H]3[C@@H](O)[C@@H](F)[C@@H]4C[C@H](O)CC[C@]4(C)[C@H]3CC[C@]12C. The standard InChI is InChI=1S/C24H39FO4/c1-13(4-7-19(27)28)15-5-6-16-20-17(9-11-23(15,16)2)24(3)10-8-14(26)12-18(24)21(25)22(20)29/h13-18,20-22,26,29H,4-12H2,1-3H3,(H,27,28)/t13-,14-,15-,16+,17+,18+,20+,21+,22-,23-,24-/m1/s1. The summed E-state index contributed by atoms with van der Waals surface area (Å²) in [5, 5.41) is 30.4. The van der Waals surface area contributed by atoms with Crippen LogP contribution in [-0.4, -0.2) is 39.7 Å². The van der Waals surface area contributed by atoms with E-state index < -0.39 is 24.3 Å². The number of fused-ring (bicyclic) bond motifs is 5. The molecule has 4 fully saturated rings. The normalized spacial score (nSPS) is 52.9. The van der Waals surface area contributed by atoms with Crippen LogP contribution in [0.4, 0.5) is 4.39 Å². The van der Waals surface area contributed by atoms with Crippen LogP contribution in [-0.2, 0) is 4.79 Å². The van der Waals surface area contributed by atoms with Crippen LogP contribution in [0.25, 0.3) is 0 Å². The van der Waals surface area contributed by atoms with E-state index in [4.69, 9.17) is 5.11 Å². The Labute approximate surface area is 174 Å². The van der Waals surface area contributed by atoms with Crippen molar-refractivity contribution in [2.75, 3.05) is 0 Å². The summed E-state index contributed by atoms with van der Waals surface area (Å²) in [6.45, 7) is 6.74. The zero-order chi connectivity index (χ0) is 21.1. The van der Waals surface area contributed by atoms with E-state index in [0.717, 1.165) is 38.5 Å². The van der Waals surface area contributed by atoms with Crippen LogP contribution in [0.1, 0.15) is 78.6 Å². The topological polar surface area (TPSA) is 77.8 Å². The van der Waals surface area contributed by atoms with Crippen molar-refractivity contribution in [1.29, 1.82) is 0 Å². The second-order valence-electron chi connectivity index (χ2n) is 11.4. The highest BCUT2D eigenvalue weighted by molar-refractivity contribution is 5.66. The van der Waals surface area contributed by atoms with E-state index in [1.54, 1.807) is 0 Å². The number of rotatable bonds is 4. The summed E-state index contributed by atoms with van der Waals surface area (Å²) in [5.74, 6) is 0.464. The summed E-state index contributed by atoms with van der Waals surface area (Å²) in [6.07, 6.45) is 4.57. The molecule has 3 N–H and O–H groups in total. The van der Waals surface area contributed by atoms with Crippen LogP contribution in [0.2, 0.25) is 0 Å². The Morgan fingerprint density at radius 3 is 2.38 bits per heavy atom. The van der Waals surface area contributed by atoms with Gasteiger partial charge in [-0.25, -0.2) is 4.39 Å². The molecule has 11 atom stereocenters. The molecule has 0 spiro atoms. The number of halogens is 1. The summed E-state index contributed by atoms with van der Waals surface area (Å²) in [4.78, 5) is 11.0. The largest absolute Gasteiger partial charge is 0.481 e. The van der Waals surface area contributed by atoms with Crippen LogP contribution in [0, 0.1) is 46.3 Å². The van der Waals surface area contributed by atoms with E-state index in [0.29, 0.717) is 36.5 Å². The molecule has 4 aliphatic rings. The van der Waals surface area contributed by atoms with E-state index in [2.05, 4.69) is 20.8 Å². The third-order valence-electron chi connectivity index (χ3n) is 10.2. The Morgan fingerprint density at radius 2 is 1.69 bits per heavy atom. The van der Waals surface area contributed by atoms with Gasteiger partial charge in [0, 0.05) is 12.3 Å². The number of alkyl halides is 1. The maximum Gasteiger partial charge on any atom is 0.303 e. The molecule has 0 amide bonds. The van der Waals surface area contributed by atoms with E-state index in [1.165, 1.54) is 0 Å². The molecule has 4 rings (SSSR count). The van der Waals surface area contributed by atoms with Gasteiger partial charge in [-0.3, -0.25) is 4.79 Å². The number of aliphatic carboxylic acids is 1. The molecule has 0 aromatic carbocycles. The van der Waals surface area contributed by atoms with Gasteiger partial charge >= 0.3 is 5.97 Å². The maximum atomic E-state index is 15.5. The zero-order valence-corrected chi connectivity index (χ0v) is 18.2. The molecule has 0 saturated heterocycles. The first-order valence-electron chi connectivity index (χ1n) is 11.8. The van der Waals surface area contributed by atoms with Gasteiger partial charge < -0.3 is 15.3 Å². The van der Waals surface area contributed by atoms with Crippen LogP contribution in [0.3, 0.4) is 0 Å². The van der Waals surface area contributed by atoms with Crippen LogP contribution in [0.5, 0.6) is 0 Å². The first kappa shape index (κ1) is 21.5. The first-order valence-corrected chi connectivity index (χ1v) is 11.8. The van der Waals surface area contributed by atoms with Crippen molar-refractivity contribution in [3.8, 4) is 0 Å². The Morgan fingerprint density at radius 1 is 1.03 bits per heavy atom. The molecule has 5 heteroatoms. The minimum Gasteiger partial charge on any atom is -0.481 e. The van der Waals surface area contributed by atoms with Crippen molar-refractivity contribution >= 4 is 5.97 Å². The van der Waals surface area contributed by atoms with Gasteiger partial charge in [0.15, 0.2) is 0 Å². The lowest BCUT2D eigenvalue weighted by atomic mass is 9.43. The van der Waals surface area contributed by atoms with E-state index in [9.17, 15) is 15.0 Å². The summed E-state index contributed by atoms with van der Waals surface area (Å²) in [7, 11) is 0. The van der Waals surface area contributed by atoms with Gasteiger partial charge in [-0.1, -0.05) is 20.8 Å². The maximum absolute atomic E-state index is 15.5. The predicted octanol–water partition coefficient (Wildman–Crippen LogP) is 4.43. The number of hydrogen-bond acceptors (Lipinski definition) is 3. The molecule has 0 aromatic heterocycles. The summed E-state index contributed by atoms with van der Waals surface area (Å²) in [5.41, 5.74) is -0.0615. The smallest absolute Gasteiger partial charge is 0.303 e. The fraction of sp³-hybridized carbons (Fsp3) is 0.958. The second kappa shape index (κ2) is 7.47. The number of carboxylic acid groups (broad SMARTS) is 1. The van der Waals surface area contributed by atoms with E-state index in [-0.39, 0.29) is 29.1 Å². The van der Waals surface area contributed by atoms with Crippen molar-refractivity contribution in [2.45, 2.75) is 96.9 Å². The highest BCUT2D eigenvalue weighted by Crippen LogP contribution is 2.68. The predicted molar refractivity (Wildman–Crippen MR) is 109 cm³/mol. The molecule has 0 radical (unpaired) electrons. The van der Waals surface area contributed by atoms with Crippen molar-refractivity contribution in [3.63, 3.8) is 0 Å². The average Bonchev–Trinajstić information content (AvgIpc) is 3.02. The van der Waals surface area contributed by atoms with Crippen LogP contribution in [0.15, 0.2) is 0 Å². The lowest BCUT2D eigenvalue weighted by Gasteiger charge is -2.63. The molecule has 4 aliphatic carbocycles. The first-order chi connectivity index (χ1) is 13.6. The monoisotopic (exact) mass is 410 g/mol. The lowest BCUT2D eigenvalue weighted by Crippen LogP contribution is -2.63. The van der Waals surface area contributed by atoms with Gasteiger partial charge in [-0.05, 0) is 91.8 Å². The zero-order valence-electron chi connectivity index (χ0n) is 18.2. The van der Waals surface area contributed by atoms with Gasteiger partial charge in [-0.15, -0.1) is 0 Å². The molecule has 0 unspecified atom stereocenters. The number of carbonyl (C=O) groups is 1. The molecular weight excluding hydrogens is 371 g/mol. The molecule has 4 nitrogen and oxygen atoms in total. The lowest BCUT2D eigenvalue weighted by molar-refractivity contribution is -0.206. The van der Waals surface area contributed by atoms with Gasteiger partial charge in [-0.2, -0.15) is 0 Å². The van der Waals surface area contributed by atoms with Crippen molar-refractivity contribution in [1.82, 2.24) is 0 Å². The molecule has 0 heterocycles. The van der Waals surface area contributed by atoms with Crippen molar-refractivity contribution in [2.24, 2.45) is 46.3 Å². The quantitative estimate of drug-likeness (QED) is 0.641. The minimum absolute atomic E-state index is 0.00285. The minimum atomic E-state index is -1.25. The van der Waals surface area contributed by atoms with Gasteiger partial charge in [0.2, 0.25) is 0 Å². The van der Waals surface area contributed by atoms with Crippen molar-refractivity contribution in [3.05, 3.63) is 0 Å². The molecule has 0 aromatic rings. The number of carboxylic acids is 1. The number of aliphatic hydroxyl groups excluding tert-OH is 2. The molecule has 166 valence electrons. The Hall–Kier alpha value is -0.680. The van der Waals surface area contributed by atoms with Gasteiger partial charge in [0.05, 0.1) is 12.2 Å². The van der Waals surface area contributed by atoms with Crippen LogP contribution < -0.4 is 0 Å². The molecule has 4 saturated carbocycles. The highest BCUT2D eigenvalue weighted by atomic mass is 19.1. The third kappa shape index (κ3) is 3.26. The molecule has 29 heavy (non-hydrogen) atoms. The summed E-state index contributed by atoms with van der Waals surface area (Å²) >= 11 is 0. The third-order valence-corrected chi connectivity index (χ3v) is 10.2. The van der Waals surface area contributed by atoms with Gasteiger partial charge in [0.1, 0.15) is 6.17 Å². The van der Waals surface area contributed by atoms with E-state index >= 15 is 4.39 Å².